The zero-order valence-corrected chi connectivity index (χ0v) is 10.1. The van der Waals surface area contributed by atoms with Crippen LogP contribution in [-0.2, 0) is 20.7 Å². The number of H-pyrrole nitrogens is 1. The summed E-state index contributed by atoms with van der Waals surface area (Å²) >= 11 is 0. The molecule has 104 valence electrons. The molecule has 0 aliphatic rings. The Morgan fingerprint density at radius 1 is 1.68 bits per heavy atom. The maximum absolute atomic E-state index is 11.4. The van der Waals surface area contributed by atoms with Gasteiger partial charge >= 0.3 is 11.8 Å². The van der Waals surface area contributed by atoms with E-state index in [1.54, 1.807) is 0 Å². The van der Waals surface area contributed by atoms with Gasteiger partial charge in [0, 0.05) is 13.3 Å². The Kier molecular flexibility index (Phi) is 4.94. The molecular weight excluding hydrogens is 258 g/mol. The number of nitrogens with one attached hydrogen (secondary N) is 2. The van der Waals surface area contributed by atoms with Gasteiger partial charge in [-0.1, -0.05) is 0 Å². The van der Waals surface area contributed by atoms with Gasteiger partial charge in [-0.25, -0.2) is 9.97 Å². The number of nitro groups is 1. The van der Waals surface area contributed by atoms with Crippen molar-refractivity contribution < 1.29 is 19.2 Å². The number of nitrogens with two attached hydrogens (primary N) is 1. The molecule has 0 unspecified atom stereocenters. The number of ether oxygens (including phenoxy) is 1. The number of carbonyl (C=O) groups excluding carboxylic acids is 2. The van der Waals surface area contributed by atoms with Gasteiger partial charge in [0.2, 0.25) is 5.91 Å². The molecule has 10 heteroatoms. The maximum atomic E-state index is 11.4. The second kappa shape index (κ2) is 6.44. The number of aromatic nitrogens is 2. The number of aromatic amines is 1. The molecule has 0 radical (unpaired) electrons. The summed E-state index contributed by atoms with van der Waals surface area (Å²) in [6.45, 7) is 0.964. The average Bonchev–Trinajstić information content (AvgIpc) is 2.76. The van der Waals surface area contributed by atoms with Crippen molar-refractivity contribution in [2.75, 3.05) is 6.73 Å². The Bertz CT molecular complexity index is 485. The first-order valence-corrected chi connectivity index (χ1v) is 5.25. The van der Waals surface area contributed by atoms with Gasteiger partial charge in [0.25, 0.3) is 0 Å². The van der Waals surface area contributed by atoms with E-state index in [4.69, 9.17) is 5.73 Å². The van der Waals surface area contributed by atoms with Crippen molar-refractivity contribution in [3.05, 3.63) is 22.1 Å². The first-order valence-electron chi connectivity index (χ1n) is 5.25. The van der Waals surface area contributed by atoms with Crippen molar-refractivity contribution in [3.8, 4) is 0 Å². The molecule has 0 saturated carbocycles. The molecule has 19 heavy (non-hydrogen) atoms. The molecule has 1 aromatic rings. The minimum absolute atomic E-state index is 0.0639. The molecule has 1 aromatic heterocycles. The lowest BCUT2D eigenvalue weighted by atomic mass is 10.2. The van der Waals surface area contributed by atoms with E-state index >= 15 is 0 Å². The van der Waals surface area contributed by atoms with Gasteiger partial charge in [0.05, 0.1) is 0 Å². The van der Waals surface area contributed by atoms with Crippen molar-refractivity contribution in [1.82, 2.24) is 15.3 Å². The third kappa shape index (κ3) is 4.35. The number of nitrogens with zero attached hydrogens (tertiary/aromatic N) is 2. The lowest BCUT2D eigenvalue weighted by Gasteiger charge is -2.10. The Hall–Kier alpha value is -2.49. The predicted octanol–water partition coefficient (Wildman–Crippen LogP) is -1.18. The van der Waals surface area contributed by atoms with Crippen LogP contribution in [0.2, 0.25) is 0 Å². The molecule has 4 N–H and O–H groups in total. The monoisotopic (exact) mass is 271 g/mol. The predicted molar refractivity (Wildman–Crippen MR) is 61.7 cm³/mol. The van der Waals surface area contributed by atoms with Crippen LogP contribution in [0.1, 0.15) is 12.6 Å². The molecule has 1 heterocycles. The molecule has 0 saturated heterocycles. The number of imidazole rings is 1. The number of hydrogen-bond acceptors (Lipinski definition) is 7. The number of rotatable bonds is 6. The van der Waals surface area contributed by atoms with E-state index in [9.17, 15) is 19.7 Å². The molecule has 1 rings (SSSR count). The van der Waals surface area contributed by atoms with Gasteiger partial charge in [0.15, 0.2) is 13.1 Å². The van der Waals surface area contributed by atoms with Crippen LogP contribution in [0, 0.1) is 10.1 Å². The van der Waals surface area contributed by atoms with E-state index in [0.717, 1.165) is 6.33 Å². The third-order valence-electron chi connectivity index (χ3n) is 2.13. The number of carbonyl (C=O) groups is 2. The van der Waals surface area contributed by atoms with E-state index < -0.39 is 16.9 Å². The summed E-state index contributed by atoms with van der Waals surface area (Å²) in [5.41, 5.74) is 5.59. The van der Waals surface area contributed by atoms with Gasteiger partial charge < -0.3 is 25.9 Å². The Morgan fingerprint density at radius 2 is 2.37 bits per heavy atom. The standard InChI is InChI=1S/C9H13N5O5/c1-5(15)13-4-19-9(16)6(10)2-7-8(14(17)18)12-3-11-7/h3,6H,2,4,10H2,1H3,(H,11,12)(H,13,15)/t6-/m0/s1. The van der Waals surface area contributed by atoms with Crippen LogP contribution >= 0.6 is 0 Å². The Balaban J connectivity index is 2.51. The van der Waals surface area contributed by atoms with Gasteiger partial charge in [-0.2, -0.15) is 0 Å². The molecule has 0 bridgehead atoms. The van der Waals surface area contributed by atoms with Crippen LogP contribution in [0.3, 0.4) is 0 Å². The Morgan fingerprint density at radius 3 is 2.95 bits per heavy atom. The highest BCUT2D eigenvalue weighted by molar-refractivity contribution is 5.77. The zero-order chi connectivity index (χ0) is 14.4. The fourth-order valence-corrected chi connectivity index (χ4v) is 1.23. The summed E-state index contributed by atoms with van der Waals surface area (Å²) < 4.78 is 4.66. The van der Waals surface area contributed by atoms with Crippen molar-refractivity contribution >= 4 is 17.7 Å². The number of hydrogen-bond donors (Lipinski definition) is 3. The molecule has 0 fully saturated rings. The van der Waals surface area contributed by atoms with E-state index in [-0.39, 0.29) is 30.6 Å². The molecule has 0 aromatic carbocycles. The smallest absolute Gasteiger partial charge is 0.343 e. The summed E-state index contributed by atoms with van der Waals surface area (Å²) in [7, 11) is 0. The summed E-state index contributed by atoms with van der Waals surface area (Å²) in [5, 5.41) is 12.9. The highest BCUT2D eigenvalue weighted by Gasteiger charge is 2.23. The summed E-state index contributed by atoms with van der Waals surface area (Å²) in [5.74, 6) is -1.46. The summed E-state index contributed by atoms with van der Waals surface area (Å²) in [6, 6.07) is -1.10. The van der Waals surface area contributed by atoms with Gasteiger partial charge in [0.1, 0.15) is 11.7 Å². The average molecular weight is 271 g/mol. The summed E-state index contributed by atoms with van der Waals surface area (Å²) in [6.07, 6.45) is 1.00. The fraction of sp³-hybridized carbons (Fsp3) is 0.444. The van der Waals surface area contributed by atoms with E-state index in [0.29, 0.717) is 0 Å². The first-order chi connectivity index (χ1) is 8.91. The van der Waals surface area contributed by atoms with E-state index in [2.05, 4.69) is 20.0 Å². The van der Waals surface area contributed by atoms with E-state index in [1.165, 1.54) is 6.92 Å². The highest BCUT2D eigenvalue weighted by Crippen LogP contribution is 2.13. The van der Waals surface area contributed by atoms with Crippen LogP contribution in [-0.4, -0.2) is 39.5 Å². The normalized spacial score (nSPS) is 11.7. The zero-order valence-electron chi connectivity index (χ0n) is 10.1. The van der Waals surface area contributed by atoms with Crippen LogP contribution in [0.15, 0.2) is 6.33 Å². The highest BCUT2D eigenvalue weighted by atomic mass is 16.6. The second-order valence-corrected chi connectivity index (χ2v) is 3.61. The maximum Gasteiger partial charge on any atom is 0.343 e. The largest absolute Gasteiger partial charge is 0.443 e. The van der Waals surface area contributed by atoms with Crippen molar-refractivity contribution in [2.45, 2.75) is 19.4 Å². The lowest BCUT2D eigenvalue weighted by molar-refractivity contribution is -0.390. The SMILES string of the molecule is CC(=O)NCOC(=O)[C@@H](N)Cc1nc[nH]c1[N+](=O)[O-]. The molecule has 10 nitrogen and oxygen atoms in total. The van der Waals surface area contributed by atoms with Crippen LogP contribution in [0.5, 0.6) is 0 Å². The van der Waals surface area contributed by atoms with Gasteiger partial charge in [-0.05, 0) is 4.92 Å². The third-order valence-corrected chi connectivity index (χ3v) is 2.13. The van der Waals surface area contributed by atoms with Gasteiger partial charge in [-0.15, -0.1) is 0 Å². The molecule has 0 aliphatic heterocycles. The summed E-state index contributed by atoms with van der Waals surface area (Å²) in [4.78, 5) is 38.0. The quantitative estimate of drug-likeness (QED) is 0.255. The number of amides is 1. The minimum Gasteiger partial charge on any atom is -0.443 e. The van der Waals surface area contributed by atoms with E-state index in [1.807, 2.05) is 0 Å². The first kappa shape index (κ1) is 14.6. The molecule has 0 spiro atoms. The van der Waals surface area contributed by atoms with Crippen molar-refractivity contribution in [2.24, 2.45) is 5.73 Å². The fourth-order valence-electron chi connectivity index (χ4n) is 1.23. The molecular formula is C9H13N5O5. The Labute approximate surface area is 107 Å². The number of esters is 1. The molecule has 0 aliphatic carbocycles. The lowest BCUT2D eigenvalue weighted by Crippen LogP contribution is -2.37. The molecule has 1 amide bonds. The minimum atomic E-state index is -1.10. The van der Waals surface area contributed by atoms with Crippen LogP contribution in [0.25, 0.3) is 0 Å². The van der Waals surface area contributed by atoms with Crippen LogP contribution in [0.4, 0.5) is 5.82 Å². The van der Waals surface area contributed by atoms with Crippen molar-refractivity contribution in [1.29, 1.82) is 0 Å². The molecule has 1 atom stereocenters. The second-order valence-electron chi connectivity index (χ2n) is 3.61. The van der Waals surface area contributed by atoms with Crippen molar-refractivity contribution in [3.63, 3.8) is 0 Å². The topological polar surface area (TPSA) is 153 Å². The van der Waals surface area contributed by atoms with Gasteiger partial charge in [-0.3, -0.25) is 9.59 Å². The van der Waals surface area contributed by atoms with Crippen LogP contribution < -0.4 is 11.1 Å².